The summed E-state index contributed by atoms with van der Waals surface area (Å²) in [6, 6.07) is 8.03. The van der Waals surface area contributed by atoms with Crippen LogP contribution in [0.3, 0.4) is 0 Å². The zero-order valence-electron chi connectivity index (χ0n) is 12.0. The molecule has 2 N–H and O–H groups in total. The second-order valence-electron chi connectivity index (χ2n) is 4.86. The quantitative estimate of drug-likeness (QED) is 0.776. The Kier molecular flexibility index (Phi) is 6.11. The van der Waals surface area contributed by atoms with Crippen LogP contribution in [0.4, 0.5) is 5.69 Å². The van der Waals surface area contributed by atoms with Gasteiger partial charge in [-0.25, -0.2) is 0 Å². The van der Waals surface area contributed by atoms with Crippen molar-refractivity contribution in [3.05, 3.63) is 24.3 Å². The molecule has 1 aliphatic heterocycles. The molecule has 1 heterocycles. The van der Waals surface area contributed by atoms with Gasteiger partial charge >= 0.3 is 0 Å². The summed E-state index contributed by atoms with van der Waals surface area (Å²) in [7, 11) is 0. The predicted octanol–water partition coefficient (Wildman–Crippen LogP) is 0.872. The Morgan fingerprint density at radius 3 is 2.55 bits per heavy atom. The molecule has 0 aromatic heterocycles. The third-order valence-electron chi connectivity index (χ3n) is 3.28. The molecule has 5 heteroatoms. The molecule has 1 aromatic carbocycles. The Bertz CT molecular complexity index is 377. The molecule has 0 spiro atoms. The molecule has 1 aliphatic rings. The van der Waals surface area contributed by atoms with Gasteiger partial charge in [-0.15, -0.1) is 0 Å². The van der Waals surface area contributed by atoms with E-state index in [0.29, 0.717) is 13.2 Å². The summed E-state index contributed by atoms with van der Waals surface area (Å²) in [6.45, 7) is 7.21. The van der Waals surface area contributed by atoms with Crippen molar-refractivity contribution in [2.75, 3.05) is 50.9 Å². The first kappa shape index (κ1) is 15.1. The van der Waals surface area contributed by atoms with Crippen molar-refractivity contribution >= 4 is 5.69 Å². The fraction of sp³-hybridized carbons (Fsp3) is 0.600. The van der Waals surface area contributed by atoms with Gasteiger partial charge in [0.2, 0.25) is 0 Å². The van der Waals surface area contributed by atoms with Crippen LogP contribution in [0.2, 0.25) is 0 Å². The third kappa shape index (κ3) is 4.67. The van der Waals surface area contributed by atoms with E-state index in [1.807, 2.05) is 19.1 Å². The van der Waals surface area contributed by atoms with Crippen molar-refractivity contribution in [1.82, 2.24) is 5.32 Å². The number of aliphatic hydroxyl groups excluding tert-OH is 1. The predicted molar refractivity (Wildman–Crippen MR) is 79.5 cm³/mol. The molecule has 0 bridgehead atoms. The van der Waals surface area contributed by atoms with Crippen molar-refractivity contribution in [1.29, 1.82) is 0 Å². The number of piperazine rings is 1. The van der Waals surface area contributed by atoms with Crippen LogP contribution < -0.4 is 15.0 Å². The number of nitrogens with one attached hydrogen (secondary N) is 1. The zero-order valence-corrected chi connectivity index (χ0v) is 12.0. The Balaban J connectivity index is 1.79. The summed E-state index contributed by atoms with van der Waals surface area (Å²) < 4.78 is 10.7. The molecule has 1 saturated heterocycles. The topological polar surface area (TPSA) is 54.0 Å². The lowest BCUT2D eigenvalue weighted by Crippen LogP contribution is -2.43. The lowest BCUT2D eigenvalue weighted by Gasteiger charge is -2.29. The van der Waals surface area contributed by atoms with Gasteiger partial charge in [0.15, 0.2) is 0 Å². The first-order valence-electron chi connectivity index (χ1n) is 7.24. The van der Waals surface area contributed by atoms with Gasteiger partial charge in [-0.05, 0) is 31.2 Å². The number of aliphatic hydroxyl groups is 1. The Labute approximate surface area is 120 Å². The molecule has 2 rings (SSSR count). The van der Waals surface area contributed by atoms with E-state index in [4.69, 9.17) is 9.47 Å². The van der Waals surface area contributed by atoms with Gasteiger partial charge in [0.05, 0.1) is 6.61 Å². The largest absolute Gasteiger partial charge is 0.491 e. The van der Waals surface area contributed by atoms with Crippen molar-refractivity contribution in [2.45, 2.75) is 13.0 Å². The summed E-state index contributed by atoms with van der Waals surface area (Å²) in [5.41, 5.74) is 1.22. The SMILES string of the molecule is CCOCC(O)COc1ccc(N2CCNCC2)cc1. The number of hydrogen-bond donors (Lipinski definition) is 2. The Morgan fingerprint density at radius 2 is 1.90 bits per heavy atom. The van der Waals surface area contributed by atoms with Gasteiger partial charge in [-0.3, -0.25) is 0 Å². The fourth-order valence-electron chi connectivity index (χ4n) is 2.17. The van der Waals surface area contributed by atoms with Gasteiger partial charge < -0.3 is 24.8 Å². The highest BCUT2D eigenvalue weighted by Crippen LogP contribution is 2.19. The molecule has 1 atom stereocenters. The first-order chi connectivity index (χ1) is 9.79. The molecule has 112 valence electrons. The van der Waals surface area contributed by atoms with E-state index in [-0.39, 0.29) is 6.61 Å². The van der Waals surface area contributed by atoms with Gasteiger partial charge in [0, 0.05) is 38.5 Å². The van der Waals surface area contributed by atoms with E-state index in [1.165, 1.54) is 5.69 Å². The highest BCUT2D eigenvalue weighted by Gasteiger charge is 2.10. The minimum absolute atomic E-state index is 0.257. The van der Waals surface area contributed by atoms with Crippen LogP contribution in [0.15, 0.2) is 24.3 Å². The lowest BCUT2D eigenvalue weighted by atomic mass is 10.2. The number of anilines is 1. The van der Waals surface area contributed by atoms with E-state index >= 15 is 0 Å². The first-order valence-corrected chi connectivity index (χ1v) is 7.24. The van der Waals surface area contributed by atoms with Crippen LogP contribution in [-0.4, -0.2) is 57.2 Å². The molecule has 1 aromatic rings. The molecule has 1 unspecified atom stereocenters. The average Bonchev–Trinajstić information content (AvgIpc) is 2.52. The second kappa shape index (κ2) is 8.09. The van der Waals surface area contributed by atoms with E-state index in [9.17, 15) is 5.11 Å². The molecule has 0 saturated carbocycles. The number of rotatable bonds is 7. The third-order valence-corrected chi connectivity index (χ3v) is 3.28. The maximum atomic E-state index is 9.63. The smallest absolute Gasteiger partial charge is 0.119 e. The minimum atomic E-state index is -0.581. The maximum Gasteiger partial charge on any atom is 0.119 e. The summed E-state index contributed by atoms with van der Waals surface area (Å²) in [5, 5.41) is 13.0. The summed E-state index contributed by atoms with van der Waals surface area (Å²) >= 11 is 0. The molecule has 0 radical (unpaired) electrons. The summed E-state index contributed by atoms with van der Waals surface area (Å²) in [4.78, 5) is 2.35. The summed E-state index contributed by atoms with van der Waals surface area (Å²) in [6.07, 6.45) is -0.581. The van der Waals surface area contributed by atoms with Gasteiger partial charge in [0.1, 0.15) is 18.5 Å². The van der Waals surface area contributed by atoms with Gasteiger partial charge in [-0.2, -0.15) is 0 Å². The molecule has 20 heavy (non-hydrogen) atoms. The van der Waals surface area contributed by atoms with Crippen LogP contribution in [0.5, 0.6) is 5.75 Å². The Hall–Kier alpha value is -1.30. The van der Waals surface area contributed by atoms with Crippen molar-refractivity contribution in [2.24, 2.45) is 0 Å². The number of benzene rings is 1. The molecule has 0 amide bonds. The second-order valence-corrected chi connectivity index (χ2v) is 4.86. The maximum absolute atomic E-state index is 9.63. The van der Waals surface area contributed by atoms with E-state index < -0.39 is 6.10 Å². The minimum Gasteiger partial charge on any atom is -0.491 e. The normalized spacial score (nSPS) is 17.0. The molecule has 5 nitrogen and oxygen atoms in total. The van der Waals surface area contributed by atoms with Crippen molar-refractivity contribution < 1.29 is 14.6 Å². The zero-order chi connectivity index (χ0) is 14.2. The van der Waals surface area contributed by atoms with Crippen LogP contribution >= 0.6 is 0 Å². The lowest BCUT2D eigenvalue weighted by molar-refractivity contribution is 0.0164. The van der Waals surface area contributed by atoms with Gasteiger partial charge in [0.25, 0.3) is 0 Å². The molecule has 0 aliphatic carbocycles. The van der Waals surface area contributed by atoms with Crippen LogP contribution in [-0.2, 0) is 4.74 Å². The highest BCUT2D eigenvalue weighted by molar-refractivity contribution is 5.49. The van der Waals surface area contributed by atoms with Crippen molar-refractivity contribution in [3.8, 4) is 5.75 Å². The number of ether oxygens (including phenoxy) is 2. The van der Waals surface area contributed by atoms with Crippen LogP contribution in [0, 0.1) is 0 Å². The summed E-state index contributed by atoms with van der Waals surface area (Å²) in [5.74, 6) is 0.777. The monoisotopic (exact) mass is 280 g/mol. The van der Waals surface area contributed by atoms with Crippen molar-refractivity contribution in [3.63, 3.8) is 0 Å². The highest BCUT2D eigenvalue weighted by atomic mass is 16.5. The Morgan fingerprint density at radius 1 is 1.20 bits per heavy atom. The average molecular weight is 280 g/mol. The molecule has 1 fully saturated rings. The van der Waals surface area contributed by atoms with E-state index in [1.54, 1.807) is 0 Å². The number of nitrogens with zero attached hydrogens (tertiary/aromatic N) is 1. The van der Waals surface area contributed by atoms with Crippen LogP contribution in [0.1, 0.15) is 6.92 Å². The van der Waals surface area contributed by atoms with E-state index in [2.05, 4.69) is 22.3 Å². The fourth-order valence-corrected chi connectivity index (χ4v) is 2.17. The van der Waals surface area contributed by atoms with E-state index in [0.717, 1.165) is 31.9 Å². The number of hydrogen-bond acceptors (Lipinski definition) is 5. The molecular formula is C15H24N2O3. The molecular weight excluding hydrogens is 256 g/mol. The standard InChI is InChI=1S/C15H24N2O3/c1-2-19-11-14(18)12-20-15-5-3-13(4-6-15)17-9-7-16-8-10-17/h3-6,14,16,18H,2,7-12H2,1H3. The van der Waals surface area contributed by atoms with Gasteiger partial charge in [-0.1, -0.05) is 0 Å². The van der Waals surface area contributed by atoms with Crippen LogP contribution in [0.25, 0.3) is 0 Å².